The van der Waals surface area contributed by atoms with Crippen LogP contribution in [-0.2, 0) is 16.2 Å². The van der Waals surface area contributed by atoms with E-state index in [0.29, 0.717) is 30.2 Å². The number of oxime groups is 1. The number of aromatic nitrogens is 2. The Hall–Kier alpha value is -2.41. The van der Waals surface area contributed by atoms with Crippen LogP contribution in [0.1, 0.15) is 29.8 Å². The van der Waals surface area contributed by atoms with Crippen LogP contribution in [0.15, 0.2) is 29.4 Å². The summed E-state index contributed by atoms with van der Waals surface area (Å²) in [5.41, 5.74) is 3.12. The van der Waals surface area contributed by atoms with E-state index in [2.05, 4.69) is 15.6 Å². The van der Waals surface area contributed by atoms with Gasteiger partial charge in [0.1, 0.15) is 5.82 Å². The van der Waals surface area contributed by atoms with Crippen LogP contribution in [0, 0.1) is 19.7 Å². The second-order valence-corrected chi connectivity index (χ2v) is 6.57. The Balaban J connectivity index is 1.43. The van der Waals surface area contributed by atoms with E-state index < -0.39 is 6.10 Å². The van der Waals surface area contributed by atoms with Crippen LogP contribution < -0.4 is 5.32 Å². The Labute approximate surface area is 156 Å². The van der Waals surface area contributed by atoms with Gasteiger partial charge < -0.3 is 10.2 Å². The van der Waals surface area contributed by atoms with Gasteiger partial charge in [-0.2, -0.15) is 5.10 Å². The van der Waals surface area contributed by atoms with Gasteiger partial charge in [-0.1, -0.05) is 28.9 Å². The second kappa shape index (κ2) is 7.86. The lowest BCUT2D eigenvalue weighted by molar-refractivity contribution is -0.131. The Kier molecular flexibility index (Phi) is 5.56. The molecule has 3 rings (SSSR count). The molecule has 1 aromatic carbocycles. The molecule has 1 amide bonds. The number of hydrogen-bond donors (Lipinski definition) is 1. The Morgan fingerprint density at radius 1 is 1.38 bits per heavy atom. The highest BCUT2D eigenvalue weighted by atomic mass is 35.5. The van der Waals surface area contributed by atoms with Crippen LogP contribution in [-0.4, -0.2) is 34.0 Å². The summed E-state index contributed by atoms with van der Waals surface area (Å²) >= 11 is 6.12. The number of benzene rings is 1. The lowest BCUT2D eigenvalue weighted by Crippen LogP contribution is -2.35. The minimum absolute atomic E-state index is 0.211. The molecule has 26 heavy (non-hydrogen) atoms. The Bertz CT molecular complexity index is 832. The van der Waals surface area contributed by atoms with Gasteiger partial charge >= 0.3 is 0 Å². The van der Waals surface area contributed by atoms with E-state index in [4.69, 9.17) is 16.4 Å². The standard InChI is InChI=1S/C18H20ClFN4O2/c1-11-17(19)12(2)24(22-11)9-3-8-21-18(25)16-10-15(23-26-16)13-4-6-14(20)7-5-13/h4-7,16H,3,8-10H2,1-2H3,(H,21,25). The van der Waals surface area contributed by atoms with Gasteiger partial charge in [0, 0.05) is 19.5 Å². The fraction of sp³-hybridized carbons (Fsp3) is 0.389. The molecular formula is C18H20ClFN4O2. The maximum atomic E-state index is 13.0. The summed E-state index contributed by atoms with van der Waals surface area (Å²) in [7, 11) is 0. The molecule has 1 N–H and O–H groups in total. The van der Waals surface area contributed by atoms with Crippen LogP contribution in [0.2, 0.25) is 5.02 Å². The fourth-order valence-electron chi connectivity index (χ4n) is 2.78. The lowest BCUT2D eigenvalue weighted by atomic mass is 10.0. The van der Waals surface area contributed by atoms with E-state index in [-0.39, 0.29) is 11.7 Å². The highest BCUT2D eigenvalue weighted by Crippen LogP contribution is 2.19. The first-order chi connectivity index (χ1) is 12.5. The minimum Gasteiger partial charge on any atom is -0.382 e. The summed E-state index contributed by atoms with van der Waals surface area (Å²) in [5.74, 6) is -0.524. The first kappa shape index (κ1) is 18.4. The molecular weight excluding hydrogens is 359 g/mol. The van der Waals surface area contributed by atoms with Crippen molar-refractivity contribution in [1.29, 1.82) is 0 Å². The number of carbonyl (C=O) groups is 1. The van der Waals surface area contributed by atoms with E-state index in [0.717, 1.165) is 23.4 Å². The molecule has 0 aliphatic carbocycles. The summed E-state index contributed by atoms with van der Waals surface area (Å²) in [6.45, 7) is 4.95. The number of halogens is 2. The predicted molar refractivity (Wildman–Crippen MR) is 96.8 cm³/mol. The molecule has 1 aromatic heterocycles. The van der Waals surface area contributed by atoms with Gasteiger partial charge in [-0.15, -0.1) is 0 Å². The second-order valence-electron chi connectivity index (χ2n) is 6.20. The quantitative estimate of drug-likeness (QED) is 0.786. The molecule has 0 spiro atoms. The first-order valence-corrected chi connectivity index (χ1v) is 8.79. The first-order valence-electron chi connectivity index (χ1n) is 8.41. The van der Waals surface area contributed by atoms with Crippen LogP contribution in [0.25, 0.3) is 0 Å². The van der Waals surface area contributed by atoms with Gasteiger partial charge in [0.25, 0.3) is 5.91 Å². The smallest absolute Gasteiger partial charge is 0.264 e. The van der Waals surface area contributed by atoms with Crippen LogP contribution in [0.3, 0.4) is 0 Å². The van der Waals surface area contributed by atoms with Gasteiger partial charge in [0.2, 0.25) is 6.10 Å². The number of amides is 1. The van der Waals surface area contributed by atoms with Crippen molar-refractivity contribution in [2.24, 2.45) is 5.16 Å². The SMILES string of the molecule is Cc1nn(CCCNC(=O)C2CC(c3ccc(F)cc3)=NO2)c(C)c1Cl. The zero-order chi connectivity index (χ0) is 18.7. The van der Waals surface area contributed by atoms with E-state index in [9.17, 15) is 9.18 Å². The van der Waals surface area contributed by atoms with E-state index >= 15 is 0 Å². The normalized spacial score (nSPS) is 16.3. The number of rotatable bonds is 6. The predicted octanol–water partition coefficient (Wildman–Crippen LogP) is 2.99. The van der Waals surface area contributed by atoms with Crippen molar-refractivity contribution in [2.75, 3.05) is 6.54 Å². The molecule has 1 aliphatic heterocycles. The molecule has 2 aromatic rings. The van der Waals surface area contributed by atoms with Crippen molar-refractivity contribution in [2.45, 2.75) is 39.3 Å². The Morgan fingerprint density at radius 2 is 2.12 bits per heavy atom. The highest BCUT2D eigenvalue weighted by molar-refractivity contribution is 6.31. The molecule has 138 valence electrons. The van der Waals surface area contributed by atoms with Gasteiger partial charge in [-0.05, 0) is 38.0 Å². The van der Waals surface area contributed by atoms with E-state index in [1.807, 2.05) is 18.5 Å². The summed E-state index contributed by atoms with van der Waals surface area (Å²) in [4.78, 5) is 17.4. The van der Waals surface area contributed by atoms with Gasteiger partial charge in [0.15, 0.2) is 0 Å². The summed E-state index contributed by atoms with van der Waals surface area (Å²) < 4.78 is 14.8. The summed E-state index contributed by atoms with van der Waals surface area (Å²) in [6.07, 6.45) is 0.436. The largest absolute Gasteiger partial charge is 0.382 e. The maximum absolute atomic E-state index is 13.0. The maximum Gasteiger partial charge on any atom is 0.264 e. The zero-order valence-corrected chi connectivity index (χ0v) is 15.4. The van der Waals surface area contributed by atoms with Crippen molar-refractivity contribution < 1.29 is 14.0 Å². The van der Waals surface area contributed by atoms with Crippen molar-refractivity contribution in [3.05, 3.63) is 52.1 Å². The topological polar surface area (TPSA) is 68.5 Å². The monoisotopic (exact) mass is 378 g/mol. The molecule has 1 unspecified atom stereocenters. The third-order valence-electron chi connectivity index (χ3n) is 4.28. The van der Waals surface area contributed by atoms with Crippen molar-refractivity contribution in [3.8, 4) is 0 Å². The van der Waals surface area contributed by atoms with Crippen LogP contribution in [0.5, 0.6) is 0 Å². The molecule has 6 nitrogen and oxygen atoms in total. The van der Waals surface area contributed by atoms with Gasteiger partial charge in [0.05, 0.1) is 22.1 Å². The van der Waals surface area contributed by atoms with Gasteiger partial charge in [-0.25, -0.2) is 4.39 Å². The lowest BCUT2D eigenvalue weighted by Gasteiger charge is -2.10. The van der Waals surface area contributed by atoms with E-state index in [1.165, 1.54) is 12.1 Å². The fourth-order valence-corrected chi connectivity index (χ4v) is 2.91. The average molecular weight is 379 g/mol. The average Bonchev–Trinajstić information content (AvgIpc) is 3.21. The third kappa shape index (κ3) is 4.04. The molecule has 0 radical (unpaired) electrons. The number of carbonyl (C=O) groups excluding carboxylic acids is 1. The Morgan fingerprint density at radius 3 is 2.77 bits per heavy atom. The molecule has 1 atom stereocenters. The third-order valence-corrected chi connectivity index (χ3v) is 4.82. The number of nitrogens with one attached hydrogen (secondary N) is 1. The number of nitrogens with zero attached hydrogens (tertiary/aromatic N) is 3. The van der Waals surface area contributed by atoms with Crippen molar-refractivity contribution >= 4 is 23.2 Å². The molecule has 8 heteroatoms. The van der Waals surface area contributed by atoms with Gasteiger partial charge in [-0.3, -0.25) is 9.48 Å². The summed E-state index contributed by atoms with van der Waals surface area (Å²) in [6, 6.07) is 5.96. The summed E-state index contributed by atoms with van der Waals surface area (Å²) in [5, 5.41) is 11.8. The molecule has 0 fully saturated rings. The van der Waals surface area contributed by atoms with E-state index in [1.54, 1.807) is 12.1 Å². The molecule has 2 heterocycles. The van der Waals surface area contributed by atoms with Crippen molar-refractivity contribution in [3.63, 3.8) is 0 Å². The number of aryl methyl sites for hydroxylation is 2. The molecule has 0 saturated heterocycles. The molecule has 1 aliphatic rings. The van der Waals surface area contributed by atoms with Crippen LogP contribution >= 0.6 is 11.6 Å². The minimum atomic E-state index is -0.654. The van der Waals surface area contributed by atoms with Crippen LogP contribution in [0.4, 0.5) is 4.39 Å². The van der Waals surface area contributed by atoms with Crippen molar-refractivity contribution in [1.82, 2.24) is 15.1 Å². The molecule has 0 saturated carbocycles. The molecule has 0 bridgehead atoms. The highest BCUT2D eigenvalue weighted by Gasteiger charge is 2.28. The zero-order valence-electron chi connectivity index (χ0n) is 14.6. The number of hydrogen-bond acceptors (Lipinski definition) is 4.